The van der Waals surface area contributed by atoms with Crippen LogP contribution in [-0.2, 0) is 9.59 Å². The highest BCUT2D eigenvalue weighted by atomic mass is 16.2. The Kier molecular flexibility index (Phi) is 4.68. The molecule has 1 atom stereocenters. The summed E-state index contributed by atoms with van der Waals surface area (Å²) in [5.41, 5.74) is -0.259. The highest BCUT2D eigenvalue weighted by Crippen LogP contribution is 2.25. The number of piperidine rings is 1. The first-order valence-corrected chi connectivity index (χ1v) is 7.73. The van der Waals surface area contributed by atoms with E-state index in [1.54, 1.807) is 0 Å². The first-order chi connectivity index (χ1) is 9.42. The lowest BCUT2D eigenvalue weighted by molar-refractivity contribution is -0.136. The van der Waals surface area contributed by atoms with Crippen LogP contribution >= 0.6 is 0 Å². The van der Waals surface area contributed by atoms with Gasteiger partial charge in [0.25, 0.3) is 0 Å². The summed E-state index contributed by atoms with van der Waals surface area (Å²) in [7, 11) is 0. The largest absolute Gasteiger partial charge is 0.353 e. The Morgan fingerprint density at radius 2 is 1.95 bits per heavy atom. The van der Waals surface area contributed by atoms with Gasteiger partial charge in [0.1, 0.15) is 0 Å². The molecule has 2 aliphatic rings. The van der Waals surface area contributed by atoms with Gasteiger partial charge in [-0.15, -0.1) is 0 Å². The second-order valence-electron chi connectivity index (χ2n) is 6.72. The average Bonchev–Trinajstić information content (AvgIpc) is 2.87. The van der Waals surface area contributed by atoms with E-state index in [2.05, 4.69) is 10.6 Å². The number of carbonyl (C=O) groups is 2. The molecule has 0 saturated carbocycles. The summed E-state index contributed by atoms with van der Waals surface area (Å²) < 4.78 is 0. The molecule has 2 saturated heterocycles. The van der Waals surface area contributed by atoms with E-state index in [-0.39, 0.29) is 29.2 Å². The van der Waals surface area contributed by atoms with Crippen molar-refractivity contribution in [1.29, 1.82) is 0 Å². The molecule has 2 aliphatic heterocycles. The molecule has 0 aromatic heterocycles. The monoisotopic (exact) mass is 281 g/mol. The van der Waals surface area contributed by atoms with Crippen molar-refractivity contribution in [3.63, 3.8) is 0 Å². The lowest BCUT2D eigenvalue weighted by atomic mass is 9.88. The molecule has 0 aromatic carbocycles. The molecule has 5 heteroatoms. The Balaban J connectivity index is 1.80. The molecule has 2 heterocycles. The number of hydrogen-bond donors (Lipinski definition) is 2. The first-order valence-electron chi connectivity index (χ1n) is 7.73. The SMILES string of the molecule is CC(C)C(=O)N1CCC(NC(=O)C2(C)CCNC2)CC1. The number of carbonyl (C=O) groups excluding carboxylic acids is 2. The van der Waals surface area contributed by atoms with Crippen molar-refractivity contribution < 1.29 is 9.59 Å². The fourth-order valence-corrected chi connectivity index (χ4v) is 2.98. The third-order valence-corrected chi connectivity index (χ3v) is 4.55. The van der Waals surface area contributed by atoms with Crippen molar-refractivity contribution >= 4 is 11.8 Å². The molecular formula is C15H27N3O2. The molecule has 0 aliphatic carbocycles. The Hall–Kier alpha value is -1.10. The van der Waals surface area contributed by atoms with E-state index < -0.39 is 0 Å². The average molecular weight is 281 g/mol. The van der Waals surface area contributed by atoms with E-state index in [1.807, 2.05) is 25.7 Å². The number of rotatable bonds is 3. The Labute approximate surface area is 121 Å². The summed E-state index contributed by atoms with van der Waals surface area (Å²) in [4.78, 5) is 26.2. The van der Waals surface area contributed by atoms with Gasteiger partial charge in [-0.05, 0) is 32.7 Å². The summed E-state index contributed by atoms with van der Waals surface area (Å²) in [5.74, 6) is 0.447. The quantitative estimate of drug-likeness (QED) is 0.802. The topological polar surface area (TPSA) is 61.4 Å². The van der Waals surface area contributed by atoms with Gasteiger partial charge < -0.3 is 15.5 Å². The van der Waals surface area contributed by atoms with Gasteiger partial charge in [0.2, 0.25) is 11.8 Å². The maximum absolute atomic E-state index is 12.3. The van der Waals surface area contributed by atoms with Gasteiger partial charge in [-0.25, -0.2) is 0 Å². The van der Waals surface area contributed by atoms with E-state index in [1.165, 1.54) is 0 Å². The van der Waals surface area contributed by atoms with Crippen LogP contribution in [0.2, 0.25) is 0 Å². The van der Waals surface area contributed by atoms with Crippen LogP contribution in [0.3, 0.4) is 0 Å². The summed E-state index contributed by atoms with van der Waals surface area (Å²) in [6.45, 7) is 9.11. The van der Waals surface area contributed by atoms with Crippen molar-refractivity contribution in [2.24, 2.45) is 11.3 Å². The lowest BCUT2D eigenvalue weighted by Gasteiger charge is -2.35. The highest BCUT2D eigenvalue weighted by Gasteiger charge is 2.37. The summed E-state index contributed by atoms with van der Waals surface area (Å²) >= 11 is 0. The molecular weight excluding hydrogens is 254 g/mol. The van der Waals surface area contributed by atoms with Gasteiger partial charge in [-0.3, -0.25) is 9.59 Å². The van der Waals surface area contributed by atoms with Gasteiger partial charge >= 0.3 is 0 Å². The van der Waals surface area contributed by atoms with E-state index >= 15 is 0 Å². The number of hydrogen-bond acceptors (Lipinski definition) is 3. The number of nitrogens with one attached hydrogen (secondary N) is 2. The van der Waals surface area contributed by atoms with Crippen LogP contribution in [0.15, 0.2) is 0 Å². The smallest absolute Gasteiger partial charge is 0.227 e. The number of amides is 2. The number of nitrogens with zero attached hydrogens (tertiary/aromatic N) is 1. The van der Waals surface area contributed by atoms with Crippen molar-refractivity contribution in [1.82, 2.24) is 15.5 Å². The molecule has 114 valence electrons. The van der Waals surface area contributed by atoms with Crippen molar-refractivity contribution in [3.8, 4) is 0 Å². The fourth-order valence-electron chi connectivity index (χ4n) is 2.98. The second kappa shape index (κ2) is 6.12. The van der Waals surface area contributed by atoms with Crippen molar-refractivity contribution in [2.45, 2.75) is 46.1 Å². The Morgan fingerprint density at radius 3 is 2.45 bits per heavy atom. The summed E-state index contributed by atoms with van der Waals surface area (Å²) in [6.07, 6.45) is 2.64. The minimum absolute atomic E-state index is 0.0598. The Bertz CT molecular complexity index is 367. The molecule has 2 amide bonds. The molecule has 20 heavy (non-hydrogen) atoms. The van der Waals surface area contributed by atoms with E-state index in [0.717, 1.165) is 45.4 Å². The molecule has 1 unspecified atom stereocenters. The Morgan fingerprint density at radius 1 is 1.30 bits per heavy atom. The molecule has 5 nitrogen and oxygen atoms in total. The van der Waals surface area contributed by atoms with Gasteiger partial charge in [-0.1, -0.05) is 13.8 Å². The first kappa shape index (κ1) is 15.3. The van der Waals surface area contributed by atoms with Crippen LogP contribution < -0.4 is 10.6 Å². The van der Waals surface area contributed by atoms with E-state index in [0.29, 0.717) is 0 Å². The molecule has 2 rings (SSSR count). The van der Waals surface area contributed by atoms with E-state index in [9.17, 15) is 9.59 Å². The van der Waals surface area contributed by atoms with Crippen LogP contribution in [0.1, 0.15) is 40.0 Å². The van der Waals surface area contributed by atoms with Gasteiger partial charge in [-0.2, -0.15) is 0 Å². The molecule has 2 N–H and O–H groups in total. The summed E-state index contributed by atoms with van der Waals surface area (Å²) in [5, 5.41) is 6.42. The predicted molar refractivity (Wildman–Crippen MR) is 78.2 cm³/mol. The van der Waals surface area contributed by atoms with Crippen molar-refractivity contribution in [3.05, 3.63) is 0 Å². The lowest BCUT2D eigenvalue weighted by Crippen LogP contribution is -2.51. The zero-order chi connectivity index (χ0) is 14.8. The van der Waals surface area contributed by atoms with Gasteiger partial charge in [0.05, 0.1) is 5.41 Å². The molecule has 0 radical (unpaired) electrons. The van der Waals surface area contributed by atoms with Crippen LogP contribution in [0.5, 0.6) is 0 Å². The normalized spacial score (nSPS) is 27.9. The third-order valence-electron chi connectivity index (χ3n) is 4.55. The van der Waals surface area contributed by atoms with Crippen LogP contribution in [0.25, 0.3) is 0 Å². The second-order valence-corrected chi connectivity index (χ2v) is 6.72. The minimum atomic E-state index is -0.259. The zero-order valence-corrected chi connectivity index (χ0v) is 12.9. The molecule has 0 bridgehead atoms. The molecule has 0 spiro atoms. The summed E-state index contributed by atoms with van der Waals surface area (Å²) in [6, 6.07) is 0.219. The fraction of sp³-hybridized carbons (Fsp3) is 0.867. The van der Waals surface area contributed by atoms with Crippen LogP contribution in [-0.4, -0.2) is 48.9 Å². The minimum Gasteiger partial charge on any atom is -0.353 e. The van der Waals surface area contributed by atoms with E-state index in [4.69, 9.17) is 0 Å². The van der Waals surface area contributed by atoms with Crippen molar-refractivity contribution in [2.75, 3.05) is 26.2 Å². The maximum Gasteiger partial charge on any atom is 0.227 e. The van der Waals surface area contributed by atoms with Gasteiger partial charge in [0, 0.05) is 31.6 Å². The standard InChI is InChI=1S/C15H27N3O2/c1-11(2)13(19)18-8-4-12(5-9-18)17-14(20)15(3)6-7-16-10-15/h11-12,16H,4-10H2,1-3H3,(H,17,20). The zero-order valence-electron chi connectivity index (χ0n) is 12.9. The van der Waals surface area contributed by atoms with Gasteiger partial charge in [0.15, 0.2) is 0 Å². The third kappa shape index (κ3) is 3.32. The molecule has 2 fully saturated rings. The maximum atomic E-state index is 12.3. The predicted octanol–water partition coefficient (Wildman–Crippen LogP) is 0.749. The van der Waals surface area contributed by atoms with Crippen LogP contribution in [0, 0.1) is 11.3 Å². The molecule has 0 aromatic rings. The van der Waals surface area contributed by atoms with Crippen LogP contribution in [0.4, 0.5) is 0 Å². The number of likely N-dealkylation sites (tertiary alicyclic amines) is 1. The highest BCUT2D eigenvalue weighted by molar-refractivity contribution is 5.83.